The minimum atomic E-state index is -0.845. The number of carbonyl (C=O) groups excluding carboxylic acids is 1. The van der Waals surface area contributed by atoms with Gasteiger partial charge in [0.2, 0.25) is 5.91 Å². The van der Waals surface area contributed by atoms with Crippen LogP contribution in [0.25, 0.3) is 0 Å². The molecule has 4 nitrogen and oxygen atoms in total. The van der Waals surface area contributed by atoms with Gasteiger partial charge in [0.05, 0.1) is 17.9 Å². The van der Waals surface area contributed by atoms with Crippen LogP contribution in [0.15, 0.2) is 30.3 Å². The standard InChI is InChI=1S/C17H23NO3/c1-2-15(12-8-4-3-5-9-12)18-16(19)13-10-6-7-11-14(13)17(20)21/h3-5,8-9,13-15H,2,6-7,10-11H2,1H3,(H,18,19)(H,20,21)/t13-,14-,15+/m0/s1. The maximum atomic E-state index is 12.5. The number of amides is 1. The second-order valence-electron chi connectivity index (χ2n) is 5.72. The predicted molar refractivity (Wildman–Crippen MR) is 80.7 cm³/mol. The van der Waals surface area contributed by atoms with Crippen LogP contribution in [-0.2, 0) is 9.59 Å². The molecule has 0 aliphatic heterocycles. The summed E-state index contributed by atoms with van der Waals surface area (Å²) < 4.78 is 0. The summed E-state index contributed by atoms with van der Waals surface area (Å²) in [6, 6.07) is 9.78. The highest BCUT2D eigenvalue weighted by Gasteiger charge is 2.36. The zero-order chi connectivity index (χ0) is 15.2. The van der Waals surface area contributed by atoms with E-state index >= 15 is 0 Å². The molecule has 1 aromatic carbocycles. The van der Waals surface area contributed by atoms with Crippen LogP contribution in [0.2, 0.25) is 0 Å². The molecule has 2 rings (SSSR count). The van der Waals surface area contributed by atoms with E-state index < -0.39 is 17.8 Å². The van der Waals surface area contributed by atoms with Crippen molar-refractivity contribution < 1.29 is 14.7 Å². The van der Waals surface area contributed by atoms with Crippen LogP contribution in [0.5, 0.6) is 0 Å². The van der Waals surface area contributed by atoms with Crippen LogP contribution in [0, 0.1) is 11.8 Å². The van der Waals surface area contributed by atoms with E-state index in [1.54, 1.807) is 0 Å². The average Bonchev–Trinajstić information content (AvgIpc) is 2.53. The van der Waals surface area contributed by atoms with Crippen molar-refractivity contribution in [2.24, 2.45) is 11.8 Å². The molecule has 0 aromatic heterocycles. The van der Waals surface area contributed by atoms with E-state index in [0.717, 1.165) is 24.8 Å². The van der Waals surface area contributed by atoms with Gasteiger partial charge in [-0.15, -0.1) is 0 Å². The van der Waals surface area contributed by atoms with Crippen molar-refractivity contribution in [3.05, 3.63) is 35.9 Å². The zero-order valence-corrected chi connectivity index (χ0v) is 12.4. The first-order chi connectivity index (χ1) is 10.1. The maximum absolute atomic E-state index is 12.5. The Morgan fingerprint density at radius 2 is 1.81 bits per heavy atom. The second kappa shape index (κ2) is 7.25. The Hall–Kier alpha value is -1.84. The van der Waals surface area contributed by atoms with Gasteiger partial charge in [0, 0.05) is 0 Å². The van der Waals surface area contributed by atoms with E-state index in [1.165, 1.54) is 0 Å². The molecular weight excluding hydrogens is 266 g/mol. The fourth-order valence-electron chi connectivity index (χ4n) is 3.13. The molecule has 0 saturated heterocycles. The smallest absolute Gasteiger partial charge is 0.307 e. The summed E-state index contributed by atoms with van der Waals surface area (Å²) in [4.78, 5) is 23.8. The highest BCUT2D eigenvalue weighted by molar-refractivity contribution is 5.85. The first-order valence-corrected chi connectivity index (χ1v) is 7.71. The Balaban J connectivity index is 2.06. The molecule has 1 amide bonds. The Kier molecular flexibility index (Phi) is 5.37. The van der Waals surface area contributed by atoms with Gasteiger partial charge >= 0.3 is 5.97 Å². The molecule has 3 atom stereocenters. The van der Waals surface area contributed by atoms with Crippen LogP contribution < -0.4 is 5.32 Å². The van der Waals surface area contributed by atoms with E-state index in [4.69, 9.17) is 0 Å². The largest absolute Gasteiger partial charge is 0.481 e. The van der Waals surface area contributed by atoms with Crippen LogP contribution >= 0.6 is 0 Å². The molecule has 4 heteroatoms. The number of carboxylic acid groups (broad SMARTS) is 1. The molecule has 0 unspecified atom stereocenters. The fourth-order valence-corrected chi connectivity index (χ4v) is 3.13. The number of benzene rings is 1. The van der Waals surface area contributed by atoms with Crippen LogP contribution in [0.3, 0.4) is 0 Å². The molecule has 2 N–H and O–H groups in total. The number of rotatable bonds is 5. The summed E-state index contributed by atoms with van der Waals surface area (Å²) in [7, 11) is 0. The number of carboxylic acids is 1. The highest BCUT2D eigenvalue weighted by atomic mass is 16.4. The lowest BCUT2D eigenvalue weighted by Gasteiger charge is -2.29. The van der Waals surface area contributed by atoms with Crippen molar-refractivity contribution in [2.75, 3.05) is 0 Å². The van der Waals surface area contributed by atoms with E-state index in [-0.39, 0.29) is 11.9 Å². The van der Waals surface area contributed by atoms with Gasteiger partial charge in [-0.1, -0.05) is 50.1 Å². The molecule has 0 spiro atoms. The van der Waals surface area contributed by atoms with Gasteiger partial charge in [0.25, 0.3) is 0 Å². The first kappa shape index (κ1) is 15.5. The topological polar surface area (TPSA) is 66.4 Å². The van der Waals surface area contributed by atoms with Crippen LogP contribution in [0.4, 0.5) is 0 Å². The number of hydrogen-bond donors (Lipinski definition) is 2. The SMILES string of the molecule is CC[C@@H](NC(=O)[C@H]1CCCC[C@@H]1C(=O)O)c1ccccc1. The summed E-state index contributed by atoms with van der Waals surface area (Å²) in [5, 5.41) is 12.3. The van der Waals surface area contributed by atoms with Crippen LogP contribution in [0.1, 0.15) is 50.6 Å². The lowest BCUT2D eigenvalue weighted by Crippen LogP contribution is -2.41. The van der Waals surface area contributed by atoms with Crippen LogP contribution in [-0.4, -0.2) is 17.0 Å². The summed E-state index contributed by atoms with van der Waals surface area (Å²) >= 11 is 0. The predicted octanol–water partition coefficient (Wildman–Crippen LogP) is 3.14. The Morgan fingerprint density at radius 3 is 2.38 bits per heavy atom. The number of aliphatic carboxylic acids is 1. The van der Waals surface area contributed by atoms with Crippen molar-refractivity contribution in [3.8, 4) is 0 Å². The Bertz CT molecular complexity index is 486. The molecule has 114 valence electrons. The Labute approximate surface area is 125 Å². The Morgan fingerprint density at radius 1 is 1.19 bits per heavy atom. The van der Waals surface area contributed by atoms with E-state index in [1.807, 2.05) is 37.3 Å². The van der Waals surface area contributed by atoms with Crippen molar-refractivity contribution in [1.82, 2.24) is 5.32 Å². The minimum Gasteiger partial charge on any atom is -0.481 e. The van der Waals surface area contributed by atoms with Gasteiger partial charge in [0.1, 0.15) is 0 Å². The summed E-state index contributed by atoms with van der Waals surface area (Å²) in [6.07, 6.45) is 3.91. The summed E-state index contributed by atoms with van der Waals surface area (Å²) in [5.74, 6) is -1.89. The molecule has 0 radical (unpaired) electrons. The zero-order valence-electron chi connectivity index (χ0n) is 12.4. The van der Waals surface area contributed by atoms with Gasteiger partial charge in [-0.05, 0) is 24.8 Å². The average molecular weight is 289 g/mol. The molecule has 1 aliphatic rings. The lowest BCUT2D eigenvalue weighted by atomic mass is 9.78. The van der Waals surface area contributed by atoms with Gasteiger partial charge in [-0.3, -0.25) is 9.59 Å². The summed E-state index contributed by atoms with van der Waals surface area (Å²) in [5.41, 5.74) is 1.07. The van der Waals surface area contributed by atoms with E-state index in [9.17, 15) is 14.7 Å². The normalized spacial score (nSPS) is 23.3. The number of carbonyl (C=O) groups is 2. The molecule has 1 saturated carbocycles. The molecule has 0 bridgehead atoms. The monoisotopic (exact) mass is 289 g/mol. The van der Waals surface area contributed by atoms with Crippen molar-refractivity contribution >= 4 is 11.9 Å². The van der Waals surface area contributed by atoms with Gasteiger partial charge in [0.15, 0.2) is 0 Å². The molecule has 1 fully saturated rings. The fraction of sp³-hybridized carbons (Fsp3) is 0.529. The second-order valence-corrected chi connectivity index (χ2v) is 5.72. The van der Waals surface area contributed by atoms with Gasteiger partial charge in [-0.25, -0.2) is 0 Å². The van der Waals surface area contributed by atoms with Crippen molar-refractivity contribution in [2.45, 2.75) is 45.1 Å². The third-order valence-corrected chi connectivity index (χ3v) is 4.35. The number of nitrogens with one attached hydrogen (secondary N) is 1. The summed E-state index contributed by atoms with van der Waals surface area (Å²) in [6.45, 7) is 2.02. The van der Waals surface area contributed by atoms with Gasteiger partial charge in [-0.2, -0.15) is 0 Å². The van der Waals surface area contributed by atoms with Crippen molar-refractivity contribution in [3.63, 3.8) is 0 Å². The van der Waals surface area contributed by atoms with Crippen molar-refractivity contribution in [1.29, 1.82) is 0 Å². The minimum absolute atomic E-state index is 0.0462. The molecule has 1 aliphatic carbocycles. The molecule has 0 heterocycles. The lowest BCUT2D eigenvalue weighted by molar-refractivity contribution is -0.149. The maximum Gasteiger partial charge on any atom is 0.307 e. The quantitative estimate of drug-likeness (QED) is 0.875. The highest BCUT2D eigenvalue weighted by Crippen LogP contribution is 2.31. The van der Waals surface area contributed by atoms with E-state index in [2.05, 4.69) is 5.32 Å². The third kappa shape index (κ3) is 3.84. The molecular formula is C17H23NO3. The van der Waals surface area contributed by atoms with Gasteiger partial charge < -0.3 is 10.4 Å². The third-order valence-electron chi connectivity index (χ3n) is 4.35. The molecule has 1 aromatic rings. The first-order valence-electron chi connectivity index (χ1n) is 7.71. The molecule has 21 heavy (non-hydrogen) atoms. The number of hydrogen-bond acceptors (Lipinski definition) is 2. The van der Waals surface area contributed by atoms with E-state index in [0.29, 0.717) is 12.8 Å².